The average molecular weight is 222 g/mol. The van der Waals surface area contributed by atoms with Gasteiger partial charge in [-0.3, -0.25) is 0 Å². The van der Waals surface area contributed by atoms with Crippen molar-refractivity contribution in [3.8, 4) is 0 Å². The lowest BCUT2D eigenvalue weighted by molar-refractivity contribution is 0.540. The zero-order chi connectivity index (χ0) is 11.3. The Kier molecular flexibility index (Phi) is 9.69. The van der Waals surface area contributed by atoms with Crippen molar-refractivity contribution >= 4 is 0 Å². The van der Waals surface area contributed by atoms with Gasteiger partial charge in [0.15, 0.2) is 0 Å². The van der Waals surface area contributed by atoms with E-state index in [1.807, 2.05) is 0 Å². The molecule has 0 fully saturated rings. The zero-order valence-electron chi connectivity index (χ0n) is 11.1. The molecular formula is C16H30. The van der Waals surface area contributed by atoms with Crippen LogP contribution in [-0.2, 0) is 0 Å². The first kappa shape index (κ1) is 13.8. The molecule has 0 radical (unpaired) electrons. The second-order valence-electron chi connectivity index (χ2n) is 5.29. The van der Waals surface area contributed by atoms with E-state index in [0.717, 1.165) is 0 Å². The Morgan fingerprint density at radius 2 is 0.562 bits per heavy atom. The van der Waals surface area contributed by atoms with Gasteiger partial charge >= 0.3 is 0 Å². The van der Waals surface area contributed by atoms with Crippen LogP contribution in [0.2, 0.25) is 0 Å². The van der Waals surface area contributed by atoms with Crippen LogP contribution in [-0.4, -0.2) is 0 Å². The highest BCUT2D eigenvalue weighted by atomic mass is 14.0. The highest BCUT2D eigenvalue weighted by Gasteiger charge is 1.94. The van der Waals surface area contributed by atoms with Gasteiger partial charge < -0.3 is 0 Å². The molecule has 0 heteroatoms. The Bertz CT molecular complexity index is 139. The minimum absolute atomic E-state index is 1.32. The van der Waals surface area contributed by atoms with E-state index in [0.29, 0.717) is 0 Å². The number of allylic oxidation sites excluding steroid dienone is 2. The fourth-order valence-electron chi connectivity index (χ4n) is 2.53. The molecule has 0 saturated heterocycles. The van der Waals surface area contributed by atoms with Crippen molar-refractivity contribution < 1.29 is 0 Å². The summed E-state index contributed by atoms with van der Waals surface area (Å²) in [6.07, 6.45) is 25.0. The van der Waals surface area contributed by atoms with E-state index in [-0.39, 0.29) is 0 Å². The quantitative estimate of drug-likeness (QED) is 0.440. The highest BCUT2D eigenvalue weighted by Crippen LogP contribution is 2.14. The molecule has 0 N–H and O–H groups in total. The van der Waals surface area contributed by atoms with Crippen LogP contribution in [0, 0.1) is 0 Å². The summed E-state index contributed by atoms with van der Waals surface area (Å²) in [7, 11) is 0. The first-order valence-corrected chi connectivity index (χ1v) is 7.65. The third-order valence-electron chi connectivity index (χ3n) is 3.66. The molecule has 0 aliphatic heterocycles. The molecular weight excluding hydrogens is 192 g/mol. The predicted molar refractivity (Wildman–Crippen MR) is 73.8 cm³/mol. The summed E-state index contributed by atoms with van der Waals surface area (Å²) >= 11 is 0. The van der Waals surface area contributed by atoms with Crippen molar-refractivity contribution in [2.45, 2.75) is 89.9 Å². The van der Waals surface area contributed by atoms with Gasteiger partial charge in [0.2, 0.25) is 0 Å². The number of hydrogen-bond acceptors (Lipinski definition) is 0. The van der Waals surface area contributed by atoms with Gasteiger partial charge in [-0.15, -0.1) is 0 Å². The van der Waals surface area contributed by atoms with Crippen LogP contribution < -0.4 is 0 Å². The minimum Gasteiger partial charge on any atom is -0.0885 e. The van der Waals surface area contributed by atoms with E-state index in [1.54, 1.807) is 0 Å². The molecule has 0 unspecified atom stereocenters. The van der Waals surface area contributed by atoms with Crippen LogP contribution in [0.25, 0.3) is 0 Å². The van der Waals surface area contributed by atoms with Gasteiger partial charge in [-0.25, -0.2) is 0 Å². The molecule has 1 rings (SSSR count). The molecule has 0 aromatic carbocycles. The molecule has 1 aliphatic carbocycles. The van der Waals surface area contributed by atoms with Crippen molar-refractivity contribution in [1.82, 2.24) is 0 Å². The summed E-state index contributed by atoms with van der Waals surface area (Å²) in [6, 6.07) is 0. The van der Waals surface area contributed by atoms with E-state index >= 15 is 0 Å². The van der Waals surface area contributed by atoms with E-state index in [1.165, 1.54) is 89.9 Å². The largest absolute Gasteiger partial charge is 0.0885 e. The van der Waals surface area contributed by atoms with Gasteiger partial charge in [-0.2, -0.15) is 0 Å². The summed E-state index contributed by atoms with van der Waals surface area (Å²) in [5.41, 5.74) is 0. The standard InChI is InChI=1S/C16H30/c1-2-4-6-8-10-12-14-16-15-13-11-9-7-5-3-1/h1-2H,3-16H2/b2-1+. The SMILES string of the molecule is C1=C/CCCCCCCCCCCCCC/1. The van der Waals surface area contributed by atoms with Gasteiger partial charge in [0.25, 0.3) is 0 Å². The maximum absolute atomic E-state index is 2.41. The van der Waals surface area contributed by atoms with Gasteiger partial charge in [0.1, 0.15) is 0 Å². The first-order valence-electron chi connectivity index (χ1n) is 7.65. The second-order valence-corrected chi connectivity index (χ2v) is 5.29. The Morgan fingerprint density at radius 3 is 0.875 bits per heavy atom. The Balaban J connectivity index is 2.07. The summed E-state index contributed by atoms with van der Waals surface area (Å²) in [6.45, 7) is 0. The van der Waals surface area contributed by atoms with Gasteiger partial charge in [-0.1, -0.05) is 76.4 Å². The van der Waals surface area contributed by atoms with Crippen molar-refractivity contribution in [2.24, 2.45) is 0 Å². The van der Waals surface area contributed by atoms with Gasteiger partial charge in [0, 0.05) is 0 Å². The second kappa shape index (κ2) is 11.2. The molecule has 0 bridgehead atoms. The van der Waals surface area contributed by atoms with Crippen LogP contribution in [0.1, 0.15) is 89.9 Å². The summed E-state index contributed by atoms with van der Waals surface area (Å²) in [5.74, 6) is 0. The molecule has 0 amide bonds. The molecule has 16 heavy (non-hydrogen) atoms. The summed E-state index contributed by atoms with van der Waals surface area (Å²) < 4.78 is 0. The lowest BCUT2D eigenvalue weighted by Crippen LogP contribution is -1.83. The fourth-order valence-corrected chi connectivity index (χ4v) is 2.53. The predicted octanol–water partition coefficient (Wildman–Crippen LogP) is 6.02. The van der Waals surface area contributed by atoms with Gasteiger partial charge in [0.05, 0.1) is 0 Å². The van der Waals surface area contributed by atoms with Gasteiger partial charge in [-0.05, 0) is 25.7 Å². The molecule has 0 spiro atoms. The molecule has 0 nitrogen and oxygen atoms in total. The molecule has 0 atom stereocenters. The Hall–Kier alpha value is -0.260. The molecule has 0 aromatic rings. The first-order chi connectivity index (χ1) is 8.00. The fraction of sp³-hybridized carbons (Fsp3) is 0.875. The topological polar surface area (TPSA) is 0 Å². The van der Waals surface area contributed by atoms with E-state index in [2.05, 4.69) is 12.2 Å². The average Bonchev–Trinajstić information content (AvgIpc) is 2.29. The van der Waals surface area contributed by atoms with E-state index in [4.69, 9.17) is 0 Å². The summed E-state index contributed by atoms with van der Waals surface area (Å²) in [4.78, 5) is 0. The van der Waals surface area contributed by atoms with Crippen molar-refractivity contribution in [3.05, 3.63) is 12.2 Å². The lowest BCUT2D eigenvalue weighted by atomic mass is 10.0. The smallest absolute Gasteiger partial charge is 0.0351 e. The Labute approximate surface area is 103 Å². The molecule has 0 aromatic heterocycles. The Morgan fingerprint density at radius 1 is 0.312 bits per heavy atom. The van der Waals surface area contributed by atoms with Crippen LogP contribution in [0.3, 0.4) is 0 Å². The van der Waals surface area contributed by atoms with Crippen molar-refractivity contribution in [1.29, 1.82) is 0 Å². The molecule has 1 aliphatic rings. The third-order valence-corrected chi connectivity index (χ3v) is 3.66. The maximum atomic E-state index is 2.41. The lowest BCUT2D eigenvalue weighted by Gasteiger charge is -2.03. The van der Waals surface area contributed by atoms with E-state index < -0.39 is 0 Å². The zero-order valence-corrected chi connectivity index (χ0v) is 11.1. The third kappa shape index (κ3) is 9.00. The van der Waals surface area contributed by atoms with Crippen LogP contribution in [0.5, 0.6) is 0 Å². The molecule has 0 saturated carbocycles. The normalized spacial score (nSPS) is 25.0. The van der Waals surface area contributed by atoms with E-state index in [9.17, 15) is 0 Å². The number of rotatable bonds is 0. The minimum atomic E-state index is 1.32. The number of hydrogen-bond donors (Lipinski definition) is 0. The van der Waals surface area contributed by atoms with Crippen LogP contribution in [0.4, 0.5) is 0 Å². The van der Waals surface area contributed by atoms with Crippen molar-refractivity contribution in [3.63, 3.8) is 0 Å². The maximum Gasteiger partial charge on any atom is -0.0351 e. The highest BCUT2D eigenvalue weighted by molar-refractivity contribution is 4.81. The summed E-state index contributed by atoms with van der Waals surface area (Å²) in [5, 5.41) is 0. The van der Waals surface area contributed by atoms with Crippen LogP contribution >= 0.6 is 0 Å². The molecule has 94 valence electrons. The monoisotopic (exact) mass is 222 g/mol. The molecule has 0 heterocycles. The van der Waals surface area contributed by atoms with Crippen LogP contribution in [0.15, 0.2) is 12.2 Å². The van der Waals surface area contributed by atoms with Crippen molar-refractivity contribution in [2.75, 3.05) is 0 Å².